The minimum absolute atomic E-state index is 0.113. The number of benzene rings is 3. The maximum Gasteiger partial charge on any atom is 0.307 e. The summed E-state index contributed by atoms with van der Waals surface area (Å²) in [4.78, 5) is 24.6. The van der Waals surface area contributed by atoms with Gasteiger partial charge in [-0.3, -0.25) is 4.79 Å². The molecule has 3 heterocycles. The molecule has 5 aromatic rings. The van der Waals surface area contributed by atoms with E-state index >= 15 is 0 Å². The van der Waals surface area contributed by atoms with E-state index in [1.807, 2.05) is 36.4 Å². The van der Waals surface area contributed by atoms with Crippen LogP contribution in [-0.2, 0) is 17.9 Å². The number of fused-ring (bicyclic) bond motifs is 2. The molecule has 2 atom stereocenters. The first-order chi connectivity index (χ1) is 21.1. The zero-order chi connectivity index (χ0) is 29.2. The van der Waals surface area contributed by atoms with Crippen LogP contribution < -0.4 is 9.64 Å². The van der Waals surface area contributed by atoms with Crippen LogP contribution in [0.15, 0.2) is 78.9 Å². The number of hydrogen-bond donors (Lipinski definition) is 1. The molecule has 43 heavy (non-hydrogen) atoms. The predicted molar refractivity (Wildman–Crippen MR) is 170 cm³/mol. The number of anilines is 1. The topological polar surface area (TPSA) is 80.5 Å². The lowest BCUT2D eigenvalue weighted by atomic mass is 9.78. The average Bonchev–Trinajstić information content (AvgIpc) is 3.41. The first-order valence-electron chi connectivity index (χ1n) is 15.7. The summed E-state index contributed by atoms with van der Waals surface area (Å²) >= 11 is 0. The molecule has 1 aliphatic heterocycles. The second kappa shape index (κ2) is 12.1. The third kappa shape index (κ3) is 5.81. The van der Waals surface area contributed by atoms with Crippen LogP contribution in [0, 0.1) is 5.92 Å². The number of pyridine rings is 1. The summed E-state index contributed by atoms with van der Waals surface area (Å²) in [7, 11) is 0. The Balaban J connectivity index is 1.18. The Kier molecular flexibility index (Phi) is 7.71. The zero-order valence-corrected chi connectivity index (χ0v) is 24.5. The van der Waals surface area contributed by atoms with E-state index in [9.17, 15) is 9.90 Å². The number of aliphatic carboxylic acids is 1. The molecule has 2 aromatic heterocycles. The second-order valence-corrected chi connectivity index (χ2v) is 12.0. The summed E-state index contributed by atoms with van der Waals surface area (Å²) in [6, 6.07) is 27.1. The van der Waals surface area contributed by atoms with Crippen molar-refractivity contribution in [3.63, 3.8) is 0 Å². The van der Waals surface area contributed by atoms with Crippen LogP contribution in [0.1, 0.15) is 67.9 Å². The number of hydrogen-bond acceptors (Lipinski definition) is 5. The van der Waals surface area contributed by atoms with Crippen LogP contribution in [0.2, 0.25) is 0 Å². The molecule has 0 spiro atoms. The normalized spacial score (nSPS) is 19.1. The van der Waals surface area contributed by atoms with Crippen molar-refractivity contribution in [1.82, 2.24) is 14.5 Å². The average molecular weight is 575 g/mol. The maximum atomic E-state index is 12.3. The van der Waals surface area contributed by atoms with Gasteiger partial charge in [0.2, 0.25) is 0 Å². The van der Waals surface area contributed by atoms with E-state index in [4.69, 9.17) is 14.7 Å². The van der Waals surface area contributed by atoms with Gasteiger partial charge in [-0.15, -0.1) is 0 Å². The van der Waals surface area contributed by atoms with Gasteiger partial charge in [-0.1, -0.05) is 49.2 Å². The van der Waals surface area contributed by atoms with E-state index in [0.717, 1.165) is 71.6 Å². The molecule has 2 fully saturated rings. The SMILES string of the molecule is O=C(O)[C@@H]1CCCC[C@@H]1c1nc2cc(OCc3ccc4ccccc4n3)ccc2n1Cc1ccc(N2CCCCC2)cc1. The van der Waals surface area contributed by atoms with Crippen molar-refractivity contribution in [1.29, 1.82) is 0 Å². The van der Waals surface area contributed by atoms with Crippen molar-refractivity contribution in [2.45, 2.75) is 64.0 Å². The van der Waals surface area contributed by atoms with E-state index in [1.165, 1.54) is 30.5 Å². The summed E-state index contributed by atoms with van der Waals surface area (Å²) in [6.45, 7) is 3.25. The molecule has 2 aliphatic rings. The van der Waals surface area contributed by atoms with Gasteiger partial charge in [0.05, 0.1) is 28.2 Å². The van der Waals surface area contributed by atoms with Gasteiger partial charge in [-0.2, -0.15) is 0 Å². The summed E-state index contributed by atoms with van der Waals surface area (Å²) in [6.07, 6.45) is 7.33. The molecular formula is C36H38N4O3. The summed E-state index contributed by atoms with van der Waals surface area (Å²) in [5.74, 6) is 0.345. The molecule has 7 nitrogen and oxygen atoms in total. The smallest absolute Gasteiger partial charge is 0.307 e. The minimum Gasteiger partial charge on any atom is -0.487 e. The van der Waals surface area contributed by atoms with Gasteiger partial charge >= 0.3 is 5.97 Å². The molecule has 0 radical (unpaired) electrons. The fraction of sp³-hybridized carbons (Fsp3) is 0.361. The highest BCUT2D eigenvalue weighted by Gasteiger charge is 2.35. The molecule has 7 heteroatoms. The quantitative estimate of drug-likeness (QED) is 0.206. The molecule has 220 valence electrons. The molecule has 3 aromatic carbocycles. The number of carbonyl (C=O) groups is 1. The molecular weight excluding hydrogens is 536 g/mol. The summed E-state index contributed by atoms with van der Waals surface area (Å²) in [5, 5.41) is 11.2. The predicted octanol–water partition coefficient (Wildman–Crippen LogP) is 7.56. The van der Waals surface area contributed by atoms with Gasteiger partial charge in [0, 0.05) is 42.7 Å². The Labute approximate surface area is 252 Å². The van der Waals surface area contributed by atoms with Gasteiger partial charge in [0.1, 0.15) is 18.2 Å². The largest absolute Gasteiger partial charge is 0.487 e. The van der Waals surface area contributed by atoms with E-state index in [0.29, 0.717) is 19.6 Å². The lowest BCUT2D eigenvalue weighted by Crippen LogP contribution is -2.29. The number of imidazole rings is 1. The minimum atomic E-state index is -0.721. The zero-order valence-electron chi connectivity index (χ0n) is 24.5. The van der Waals surface area contributed by atoms with Crippen LogP contribution in [0.3, 0.4) is 0 Å². The summed E-state index contributed by atoms with van der Waals surface area (Å²) < 4.78 is 8.42. The monoisotopic (exact) mass is 574 g/mol. The van der Waals surface area contributed by atoms with Gasteiger partial charge in [-0.25, -0.2) is 9.97 Å². The number of piperidine rings is 1. The number of carboxylic acid groups (broad SMARTS) is 1. The Bertz CT molecular complexity index is 1740. The van der Waals surface area contributed by atoms with Crippen LogP contribution >= 0.6 is 0 Å². The van der Waals surface area contributed by atoms with Crippen molar-refractivity contribution in [2.24, 2.45) is 5.92 Å². The standard InChI is InChI=1S/C36H38N4O3/c41-36(42)31-10-4-3-9-30(31)35-38-33-22-29(43-24-27-15-14-26-8-2-5-11-32(26)37-27)18-19-34(33)40(35)23-25-12-16-28(17-13-25)39-20-6-1-7-21-39/h2,5,8,11-19,22,30-31H,1,3-4,6-7,9-10,20-21,23-24H2,(H,41,42)/t30-,31+/m0/s1. The van der Waals surface area contributed by atoms with Gasteiger partial charge < -0.3 is 19.3 Å². The first-order valence-corrected chi connectivity index (χ1v) is 15.7. The molecule has 1 saturated carbocycles. The van der Waals surface area contributed by atoms with E-state index in [2.05, 4.69) is 51.9 Å². The maximum absolute atomic E-state index is 12.3. The number of nitrogens with zero attached hydrogens (tertiary/aromatic N) is 4. The Morgan fingerprint density at radius 1 is 0.837 bits per heavy atom. The first kappa shape index (κ1) is 27.4. The highest BCUT2D eigenvalue weighted by Crippen LogP contribution is 2.39. The van der Waals surface area contributed by atoms with Crippen LogP contribution in [0.5, 0.6) is 5.75 Å². The van der Waals surface area contributed by atoms with Crippen molar-refractivity contribution >= 4 is 33.6 Å². The third-order valence-electron chi connectivity index (χ3n) is 9.21. The number of ether oxygens (including phenoxy) is 1. The van der Waals surface area contributed by atoms with E-state index in [-0.39, 0.29) is 5.92 Å². The molecule has 0 bridgehead atoms. The Hall–Kier alpha value is -4.39. The van der Waals surface area contributed by atoms with Crippen molar-refractivity contribution in [3.8, 4) is 5.75 Å². The van der Waals surface area contributed by atoms with Crippen LogP contribution in [-0.4, -0.2) is 38.7 Å². The van der Waals surface area contributed by atoms with Crippen molar-refractivity contribution < 1.29 is 14.6 Å². The summed E-state index contributed by atoms with van der Waals surface area (Å²) in [5.41, 5.74) is 6.11. The molecule has 0 unspecified atom stereocenters. The Morgan fingerprint density at radius 2 is 1.65 bits per heavy atom. The fourth-order valence-corrected chi connectivity index (χ4v) is 6.90. The number of carboxylic acids is 1. The van der Waals surface area contributed by atoms with Gasteiger partial charge in [-0.05, 0) is 74.1 Å². The van der Waals surface area contributed by atoms with Gasteiger partial charge in [0.25, 0.3) is 0 Å². The Morgan fingerprint density at radius 3 is 2.49 bits per heavy atom. The van der Waals surface area contributed by atoms with Crippen molar-refractivity contribution in [3.05, 3.63) is 95.9 Å². The number of rotatable bonds is 8. The van der Waals surface area contributed by atoms with Gasteiger partial charge in [0.15, 0.2) is 0 Å². The van der Waals surface area contributed by atoms with Crippen LogP contribution in [0.25, 0.3) is 21.9 Å². The molecule has 7 rings (SSSR count). The number of aromatic nitrogens is 3. The molecule has 1 N–H and O–H groups in total. The number of para-hydroxylation sites is 1. The third-order valence-corrected chi connectivity index (χ3v) is 9.21. The molecule has 1 saturated heterocycles. The fourth-order valence-electron chi connectivity index (χ4n) is 6.90. The van der Waals surface area contributed by atoms with Crippen LogP contribution in [0.4, 0.5) is 5.69 Å². The van der Waals surface area contributed by atoms with E-state index in [1.54, 1.807) is 0 Å². The van der Waals surface area contributed by atoms with Crippen molar-refractivity contribution in [2.75, 3.05) is 18.0 Å². The highest BCUT2D eigenvalue weighted by atomic mass is 16.5. The molecule has 1 aliphatic carbocycles. The lowest BCUT2D eigenvalue weighted by molar-refractivity contribution is -0.143. The lowest BCUT2D eigenvalue weighted by Gasteiger charge is -2.29. The molecule has 0 amide bonds. The highest BCUT2D eigenvalue weighted by molar-refractivity contribution is 5.79. The second-order valence-electron chi connectivity index (χ2n) is 12.0. The van der Waals surface area contributed by atoms with E-state index < -0.39 is 11.9 Å².